The van der Waals surface area contributed by atoms with Gasteiger partial charge in [-0.1, -0.05) is 6.92 Å². The lowest BCUT2D eigenvalue weighted by atomic mass is 10.3. The summed E-state index contributed by atoms with van der Waals surface area (Å²) in [5, 5.41) is 7.87. The maximum Gasteiger partial charge on any atom is 0.319 e. The standard InChI is InChI=1S/C10H17NO5S/c1-2-8(10(13)14)17(15)7-9(12)11-3-5-16-6-4-11/h8H,2-7H2,1H3,(H,13,14). The molecule has 0 saturated carbocycles. The summed E-state index contributed by atoms with van der Waals surface area (Å²) in [6, 6.07) is 0. The molecule has 0 aromatic rings. The Morgan fingerprint density at radius 3 is 2.47 bits per heavy atom. The van der Waals surface area contributed by atoms with E-state index in [1.807, 2.05) is 0 Å². The van der Waals surface area contributed by atoms with E-state index in [2.05, 4.69) is 0 Å². The van der Waals surface area contributed by atoms with Gasteiger partial charge in [0.25, 0.3) is 0 Å². The SMILES string of the molecule is CCC(C(=O)O)S(=O)CC(=O)N1CCOCC1. The molecule has 1 heterocycles. The summed E-state index contributed by atoms with van der Waals surface area (Å²) in [6.45, 7) is 3.58. The summed E-state index contributed by atoms with van der Waals surface area (Å²) in [5.41, 5.74) is 0. The maximum absolute atomic E-state index is 11.7. The molecule has 7 heteroatoms. The Kier molecular flexibility index (Phi) is 5.57. The number of carbonyl (C=O) groups is 2. The molecule has 6 nitrogen and oxygen atoms in total. The van der Waals surface area contributed by atoms with Crippen LogP contribution in [0.25, 0.3) is 0 Å². The minimum atomic E-state index is -1.65. The minimum absolute atomic E-state index is 0.217. The molecular weight excluding hydrogens is 246 g/mol. The van der Waals surface area contributed by atoms with Crippen LogP contribution in [0.2, 0.25) is 0 Å². The number of hydrogen-bond donors (Lipinski definition) is 1. The highest BCUT2D eigenvalue weighted by Crippen LogP contribution is 2.05. The van der Waals surface area contributed by atoms with E-state index in [4.69, 9.17) is 9.84 Å². The summed E-state index contributed by atoms with van der Waals surface area (Å²) < 4.78 is 16.8. The van der Waals surface area contributed by atoms with Crippen LogP contribution in [0.4, 0.5) is 0 Å². The third kappa shape index (κ3) is 4.08. The first-order chi connectivity index (χ1) is 8.06. The summed E-state index contributed by atoms with van der Waals surface area (Å²) in [6.07, 6.45) is 0.262. The van der Waals surface area contributed by atoms with Crippen molar-refractivity contribution in [2.24, 2.45) is 0 Å². The van der Waals surface area contributed by atoms with E-state index in [0.717, 1.165) is 0 Å². The highest BCUT2D eigenvalue weighted by Gasteiger charge is 2.27. The van der Waals surface area contributed by atoms with Crippen LogP contribution in [0.15, 0.2) is 0 Å². The topological polar surface area (TPSA) is 83.9 Å². The quantitative estimate of drug-likeness (QED) is 0.720. The molecule has 0 aromatic carbocycles. The Morgan fingerprint density at radius 2 is 2.00 bits per heavy atom. The van der Waals surface area contributed by atoms with Gasteiger partial charge in [-0.05, 0) is 6.42 Å². The van der Waals surface area contributed by atoms with E-state index in [9.17, 15) is 13.8 Å². The number of carboxylic acids is 1. The number of rotatable bonds is 5. The van der Waals surface area contributed by atoms with Gasteiger partial charge in [0, 0.05) is 23.9 Å². The molecule has 1 amide bonds. The molecule has 1 saturated heterocycles. The van der Waals surface area contributed by atoms with Crippen molar-refractivity contribution in [3.8, 4) is 0 Å². The number of carbonyl (C=O) groups excluding carboxylic acids is 1. The van der Waals surface area contributed by atoms with Gasteiger partial charge in [0.05, 0.1) is 13.2 Å². The molecule has 1 rings (SSSR count). The zero-order chi connectivity index (χ0) is 12.8. The van der Waals surface area contributed by atoms with Gasteiger partial charge in [0.15, 0.2) is 0 Å². The molecule has 0 aliphatic carbocycles. The Bertz CT molecular complexity index is 314. The predicted molar refractivity (Wildman–Crippen MR) is 62.1 cm³/mol. The monoisotopic (exact) mass is 263 g/mol. The van der Waals surface area contributed by atoms with Crippen LogP contribution in [-0.2, 0) is 25.1 Å². The number of amides is 1. The first kappa shape index (κ1) is 14.1. The number of hydrogen-bond acceptors (Lipinski definition) is 4. The smallest absolute Gasteiger partial charge is 0.319 e. The fourth-order valence-electron chi connectivity index (χ4n) is 1.60. The Morgan fingerprint density at radius 1 is 1.41 bits per heavy atom. The van der Waals surface area contributed by atoms with Gasteiger partial charge in [-0.2, -0.15) is 0 Å². The van der Waals surface area contributed by atoms with E-state index in [1.54, 1.807) is 11.8 Å². The van der Waals surface area contributed by atoms with Gasteiger partial charge in [0.2, 0.25) is 5.91 Å². The molecule has 1 N–H and O–H groups in total. The fourth-order valence-corrected chi connectivity index (χ4v) is 2.82. The van der Waals surface area contributed by atoms with Gasteiger partial charge >= 0.3 is 5.97 Å². The van der Waals surface area contributed by atoms with E-state index in [-0.39, 0.29) is 18.1 Å². The van der Waals surface area contributed by atoms with Crippen molar-refractivity contribution in [3.63, 3.8) is 0 Å². The second-order valence-corrected chi connectivity index (χ2v) is 5.37. The lowest BCUT2D eigenvalue weighted by Gasteiger charge is -2.27. The molecular formula is C10H17NO5S. The fraction of sp³-hybridized carbons (Fsp3) is 0.800. The van der Waals surface area contributed by atoms with E-state index < -0.39 is 22.0 Å². The largest absolute Gasteiger partial charge is 0.480 e. The van der Waals surface area contributed by atoms with Crippen LogP contribution >= 0.6 is 0 Å². The zero-order valence-electron chi connectivity index (χ0n) is 9.76. The molecule has 0 spiro atoms. The highest BCUT2D eigenvalue weighted by molar-refractivity contribution is 7.87. The minimum Gasteiger partial charge on any atom is -0.480 e. The van der Waals surface area contributed by atoms with Crippen molar-refractivity contribution in [1.82, 2.24) is 4.90 Å². The maximum atomic E-state index is 11.7. The molecule has 1 fully saturated rings. The molecule has 0 radical (unpaired) electrons. The second-order valence-electron chi connectivity index (χ2n) is 3.75. The van der Waals surface area contributed by atoms with Crippen LogP contribution in [0.1, 0.15) is 13.3 Å². The summed E-state index contributed by atoms with van der Waals surface area (Å²) in [5.74, 6) is -1.59. The first-order valence-corrected chi connectivity index (χ1v) is 6.90. The van der Waals surface area contributed by atoms with Gasteiger partial charge < -0.3 is 14.7 Å². The van der Waals surface area contributed by atoms with Crippen molar-refractivity contribution in [2.75, 3.05) is 32.1 Å². The van der Waals surface area contributed by atoms with Crippen LogP contribution in [0, 0.1) is 0 Å². The lowest BCUT2D eigenvalue weighted by molar-refractivity contribution is -0.136. The van der Waals surface area contributed by atoms with Gasteiger partial charge in [-0.3, -0.25) is 13.8 Å². The Hall–Kier alpha value is -0.950. The number of ether oxygens (including phenoxy) is 1. The average Bonchev–Trinajstić information content (AvgIpc) is 2.30. The average molecular weight is 263 g/mol. The molecule has 2 atom stereocenters. The first-order valence-electron chi connectivity index (χ1n) is 5.51. The van der Waals surface area contributed by atoms with Crippen LogP contribution < -0.4 is 0 Å². The Labute approximate surface area is 102 Å². The molecule has 17 heavy (non-hydrogen) atoms. The van der Waals surface area contributed by atoms with E-state index in [0.29, 0.717) is 26.3 Å². The van der Waals surface area contributed by atoms with Crippen LogP contribution in [0.5, 0.6) is 0 Å². The second kappa shape index (κ2) is 6.70. The van der Waals surface area contributed by atoms with Crippen molar-refractivity contribution in [2.45, 2.75) is 18.6 Å². The third-order valence-corrected chi connectivity index (χ3v) is 4.29. The van der Waals surface area contributed by atoms with E-state index in [1.165, 1.54) is 0 Å². The van der Waals surface area contributed by atoms with Gasteiger partial charge in [-0.15, -0.1) is 0 Å². The highest BCUT2D eigenvalue weighted by atomic mass is 32.2. The number of morpholine rings is 1. The Balaban J connectivity index is 2.49. The molecule has 0 bridgehead atoms. The predicted octanol–water partition coefficient (Wildman–Crippen LogP) is -0.543. The van der Waals surface area contributed by atoms with Crippen molar-refractivity contribution < 1.29 is 23.6 Å². The number of aliphatic carboxylic acids is 1. The van der Waals surface area contributed by atoms with Crippen molar-refractivity contribution in [1.29, 1.82) is 0 Å². The molecule has 0 aromatic heterocycles. The van der Waals surface area contributed by atoms with Crippen LogP contribution in [-0.4, -0.2) is 63.4 Å². The van der Waals surface area contributed by atoms with Crippen molar-refractivity contribution >= 4 is 22.7 Å². The number of nitrogens with zero attached hydrogens (tertiary/aromatic N) is 1. The molecule has 1 aliphatic rings. The summed E-state index contributed by atoms with van der Waals surface area (Å²) in [7, 11) is -1.65. The normalized spacial score (nSPS) is 19.7. The number of carboxylic acid groups (broad SMARTS) is 1. The summed E-state index contributed by atoms with van der Waals surface area (Å²) in [4.78, 5) is 24.1. The van der Waals surface area contributed by atoms with Crippen molar-refractivity contribution in [3.05, 3.63) is 0 Å². The summed E-state index contributed by atoms with van der Waals surface area (Å²) >= 11 is 0. The van der Waals surface area contributed by atoms with Gasteiger partial charge in [0.1, 0.15) is 11.0 Å². The molecule has 1 aliphatic heterocycles. The molecule has 98 valence electrons. The van der Waals surface area contributed by atoms with E-state index >= 15 is 0 Å². The lowest BCUT2D eigenvalue weighted by Crippen LogP contribution is -2.44. The van der Waals surface area contributed by atoms with Gasteiger partial charge in [-0.25, -0.2) is 0 Å². The molecule has 2 unspecified atom stereocenters. The van der Waals surface area contributed by atoms with Crippen LogP contribution in [0.3, 0.4) is 0 Å². The zero-order valence-corrected chi connectivity index (χ0v) is 10.6. The third-order valence-electron chi connectivity index (χ3n) is 2.59.